The molecule has 8 heteroatoms. The highest BCUT2D eigenvalue weighted by Crippen LogP contribution is 2.21. The molecule has 0 aromatic rings. The van der Waals surface area contributed by atoms with Gasteiger partial charge in [-0.1, -0.05) is 0 Å². The predicted octanol–water partition coefficient (Wildman–Crippen LogP) is -0.0895. The van der Waals surface area contributed by atoms with Crippen LogP contribution in [0.3, 0.4) is 0 Å². The van der Waals surface area contributed by atoms with E-state index in [1.807, 2.05) is 0 Å². The number of halogens is 1. The average molecular weight is 241 g/mol. The zero-order valence-corrected chi connectivity index (χ0v) is 8.91. The van der Waals surface area contributed by atoms with Crippen LogP contribution in [0.2, 0.25) is 0 Å². The van der Waals surface area contributed by atoms with Gasteiger partial charge in [0.2, 0.25) is 0 Å². The molecule has 88 valence electrons. The van der Waals surface area contributed by atoms with Crippen LogP contribution >= 0.6 is 0 Å². The van der Waals surface area contributed by atoms with Crippen molar-refractivity contribution in [3.8, 4) is 0 Å². The minimum absolute atomic E-state index is 0.0357. The first-order chi connectivity index (χ1) is 6.83. The fourth-order valence-electron chi connectivity index (χ4n) is 1.48. The molecule has 1 heterocycles. The third-order valence-corrected chi connectivity index (χ3v) is 2.74. The van der Waals surface area contributed by atoms with Crippen molar-refractivity contribution in [3.05, 3.63) is 0 Å². The lowest BCUT2D eigenvalue weighted by Crippen LogP contribution is -2.29. The lowest BCUT2D eigenvalue weighted by atomic mass is 10.1. The molecule has 0 unspecified atom stereocenters. The monoisotopic (exact) mass is 241 g/mol. The van der Waals surface area contributed by atoms with Crippen molar-refractivity contribution in [1.29, 1.82) is 0 Å². The molecule has 2 atom stereocenters. The number of likely N-dealkylation sites (tertiary alicyclic amines) is 1. The largest absolute Gasteiger partial charge is 0.465 e. The Morgan fingerprint density at radius 3 is 2.60 bits per heavy atom. The Balaban J connectivity index is 2.68. The second-order valence-electron chi connectivity index (χ2n) is 3.44. The maximum absolute atomic E-state index is 12.5. The molecule has 1 N–H and O–H groups in total. The molecular weight excluding hydrogens is 229 g/mol. The highest BCUT2D eigenvalue weighted by Gasteiger charge is 2.38. The summed E-state index contributed by atoms with van der Waals surface area (Å²) < 4.78 is 38.7. The Hall–Kier alpha value is -0.890. The quantitative estimate of drug-likeness (QED) is 0.698. The summed E-state index contributed by atoms with van der Waals surface area (Å²) in [5.74, 6) is -0.712. The normalized spacial score (nSPS) is 26.9. The highest BCUT2D eigenvalue weighted by atomic mass is 32.2. The van der Waals surface area contributed by atoms with Gasteiger partial charge in [-0.05, 0) is 0 Å². The molecule has 0 aromatic heterocycles. The summed E-state index contributed by atoms with van der Waals surface area (Å²) in [7, 11) is -3.69. The summed E-state index contributed by atoms with van der Waals surface area (Å²) >= 11 is 0. The van der Waals surface area contributed by atoms with E-state index in [0.717, 1.165) is 11.2 Å². The van der Waals surface area contributed by atoms with Crippen LogP contribution in [-0.2, 0) is 14.3 Å². The van der Waals surface area contributed by atoms with E-state index in [0.29, 0.717) is 0 Å². The summed E-state index contributed by atoms with van der Waals surface area (Å²) in [5.41, 5.74) is 0. The molecule has 1 aliphatic heterocycles. The van der Waals surface area contributed by atoms with E-state index in [-0.39, 0.29) is 13.1 Å². The van der Waals surface area contributed by atoms with E-state index in [4.69, 9.17) is 5.11 Å². The minimum Gasteiger partial charge on any atom is -0.465 e. The summed E-state index contributed by atoms with van der Waals surface area (Å²) in [6, 6.07) is 0. The van der Waals surface area contributed by atoms with Gasteiger partial charge in [0.15, 0.2) is 0 Å². The maximum Gasteiger partial charge on any atom is 0.407 e. The molecule has 0 bridgehead atoms. The molecule has 0 saturated carbocycles. The Kier molecular flexibility index (Phi) is 3.50. The standard InChI is InChI=1S/C7H12FNO5S/c1-15(12,13)14-6-4-9(7(10)11)3-5(6)2-8/h5-6H,2-4H2,1H3,(H,10,11)/t5-,6-/m1/s1. The van der Waals surface area contributed by atoms with Crippen molar-refractivity contribution < 1.29 is 26.9 Å². The molecule has 1 fully saturated rings. The highest BCUT2D eigenvalue weighted by molar-refractivity contribution is 7.86. The van der Waals surface area contributed by atoms with Gasteiger partial charge in [0, 0.05) is 12.5 Å². The smallest absolute Gasteiger partial charge is 0.407 e. The Labute approximate surface area is 86.8 Å². The van der Waals surface area contributed by atoms with Crippen LogP contribution in [0.15, 0.2) is 0 Å². The Bertz CT molecular complexity index is 343. The predicted molar refractivity (Wildman–Crippen MR) is 48.8 cm³/mol. The molecule has 6 nitrogen and oxygen atoms in total. The average Bonchev–Trinajstić information content (AvgIpc) is 2.44. The zero-order valence-electron chi connectivity index (χ0n) is 8.09. The fourth-order valence-corrected chi connectivity index (χ4v) is 2.15. The fraction of sp³-hybridized carbons (Fsp3) is 0.857. The molecule has 0 aliphatic carbocycles. The van der Waals surface area contributed by atoms with Crippen LogP contribution in [0.4, 0.5) is 9.18 Å². The molecular formula is C7H12FNO5S. The number of amides is 1. The first-order valence-electron chi connectivity index (χ1n) is 4.25. The number of alkyl halides is 1. The Morgan fingerprint density at radius 1 is 1.60 bits per heavy atom. The van der Waals surface area contributed by atoms with Crippen LogP contribution in [0.1, 0.15) is 0 Å². The summed E-state index contributed by atoms with van der Waals surface area (Å²) in [4.78, 5) is 11.5. The van der Waals surface area contributed by atoms with Crippen molar-refractivity contribution >= 4 is 16.2 Å². The van der Waals surface area contributed by atoms with Gasteiger partial charge in [0.25, 0.3) is 10.1 Å². The molecule has 1 saturated heterocycles. The van der Waals surface area contributed by atoms with Crippen molar-refractivity contribution in [1.82, 2.24) is 4.90 Å². The van der Waals surface area contributed by atoms with E-state index in [1.165, 1.54) is 0 Å². The van der Waals surface area contributed by atoms with Crippen molar-refractivity contribution in [2.45, 2.75) is 6.10 Å². The number of rotatable bonds is 3. The van der Waals surface area contributed by atoms with Gasteiger partial charge in [0.1, 0.15) is 6.10 Å². The molecule has 0 aromatic carbocycles. The second kappa shape index (κ2) is 4.31. The van der Waals surface area contributed by atoms with E-state index in [2.05, 4.69) is 4.18 Å². The molecule has 1 aliphatic rings. The van der Waals surface area contributed by atoms with E-state index >= 15 is 0 Å². The number of carbonyl (C=O) groups is 1. The van der Waals surface area contributed by atoms with Crippen LogP contribution in [-0.4, -0.2) is 56.6 Å². The lowest BCUT2D eigenvalue weighted by Gasteiger charge is -2.13. The van der Waals surface area contributed by atoms with Gasteiger partial charge in [-0.3, -0.25) is 8.57 Å². The number of nitrogens with zero attached hydrogens (tertiary/aromatic N) is 1. The third-order valence-electron chi connectivity index (χ3n) is 2.15. The first-order valence-corrected chi connectivity index (χ1v) is 6.07. The molecule has 0 spiro atoms. The van der Waals surface area contributed by atoms with E-state index in [9.17, 15) is 17.6 Å². The van der Waals surface area contributed by atoms with Crippen molar-refractivity contribution in [2.75, 3.05) is 26.0 Å². The van der Waals surface area contributed by atoms with E-state index in [1.54, 1.807) is 0 Å². The maximum atomic E-state index is 12.5. The van der Waals surface area contributed by atoms with E-state index < -0.39 is 34.9 Å². The van der Waals surface area contributed by atoms with Gasteiger partial charge in [-0.2, -0.15) is 8.42 Å². The minimum atomic E-state index is -3.69. The van der Waals surface area contributed by atoms with Crippen LogP contribution in [0.5, 0.6) is 0 Å². The molecule has 15 heavy (non-hydrogen) atoms. The summed E-state index contributed by atoms with van der Waals surface area (Å²) in [6.45, 7) is -0.951. The van der Waals surface area contributed by atoms with Crippen molar-refractivity contribution in [3.63, 3.8) is 0 Å². The molecule has 0 radical (unpaired) electrons. The molecule has 1 amide bonds. The van der Waals surface area contributed by atoms with Gasteiger partial charge in [0.05, 0.1) is 19.5 Å². The van der Waals surface area contributed by atoms with Crippen molar-refractivity contribution in [2.24, 2.45) is 5.92 Å². The van der Waals surface area contributed by atoms with Gasteiger partial charge in [-0.25, -0.2) is 4.79 Å². The van der Waals surface area contributed by atoms with Gasteiger partial charge in [-0.15, -0.1) is 0 Å². The van der Waals surface area contributed by atoms with Crippen LogP contribution in [0, 0.1) is 5.92 Å². The third kappa shape index (κ3) is 3.31. The lowest BCUT2D eigenvalue weighted by molar-refractivity contribution is 0.144. The number of hydrogen-bond acceptors (Lipinski definition) is 4. The van der Waals surface area contributed by atoms with Crippen LogP contribution < -0.4 is 0 Å². The van der Waals surface area contributed by atoms with Crippen LogP contribution in [0.25, 0.3) is 0 Å². The first kappa shape index (κ1) is 12.2. The zero-order chi connectivity index (χ0) is 11.6. The number of carboxylic acid groups (broad SMARTS) is 1. The summed E-state index contributed by atoms with van der Waals surface area (Å²) in [6.07, 6.45) is -1.26. The SMILES string of the molecule is CS(=O)(=O)O[C@@H]1CN(C(=O)O)C[C@H]1CF. The second-order valence-corrected chi connectivity index (χ2v) is 5.04. The topological polar surface area (TPSA) is 83.9 Å². The number of hydrogen-bond donors (Lipinski definition) is 1. The molecule has 1 rings (SSSR count). The summed E-state index contributed by atoms with van der Waals surface area (Å²) in [5, 5.41) is 8.64. The van der Waals surface area contributed by atoms with Gasteiger partial charge < -0.3 is 10.0 Å². The van der Waals surface area contributed by atoms with Gasteiger partial charge >= 0.3 is 6.09 Å². The Morgan fingerprint density at radius 2 is 2.20 bits per heavy atom.